The van der Waals surface area contributed by atoms with E-state index in [0.717, 1.165) is 11.5 Å². The van der Waals surface area contributed by atoms with Gasteiger partial charge < -0.3 is 4.74 Å². The first-order valence-electron chi connectivity index (χ1n) is 2.95. The third kappa shape index (κ3) is 1.75. The number of allylic oxidation sites excluding steroid dienone is 2. The molecule has 0 aromatic rings. The van der Waals surface area contributed by atoms with Gasteiger partial charge in [0.25, 0.3) is 0 Å². The van der Waals surface area contributed by atoms with E-state index < -0.39 is 5.06 Å². The molecule has 1 aliphatic rings. The first-order valence-corrected chi connectivity index (χ1v) is 3.71. The van der Waals surface area contributed by atoms with Crippen molar-refractivity contribution in [1.82, 2.24) is 0 Å². The smallest absolute Gasteiger partial charge is 0.180 e. The van der Waals surface area contributed by atoms with E-state index in [-0.39, 0.29) is 0 Å². The monoisotopic (exact) mass is 178 g/mol. The Labute approximate surface area is 70.3 Å². The Morgan fingerprint density at radius 3 is 2.80 bits per heavy atom. The van der Waals surface area contributed by atoms with Crippen LogP contribution in [0.3, 0.4) is 0 Å². The Morgan fingerprint density at radius 2 is 2.40 bits per heavy atom. The van der Waals surface area contributed by atoms with Crippen molar-refractivity contribution in [3.8, 4) is 0 Å². The lowest BCUT2D eigenvalue weighted by Crippen LogP contribution is -2.19. The van der Waals surface area contributed by atoms with E-state index in [2.05, 4.69) is 0 Å². The molecular formula is C7H8Cl2O. The fourth-order valence-corrected chi connectivity index (χ4v) is 1.31. The van der Waals surface area contributed by atoms with Gasteiger partial charge >= 0.3 is 0 Å². The molecule has 0 saturated heterocycles. The molecule has 0 spiro atoms. The van der Waals surface area contributed by atoms with E-state index in [9.17, 15) is 0 Å². The molecule has 0 bridgehead atoms. The topological polar surface area (TPSA) is 9.23 Å². The van der Waals surface area contributed by atoms with Crippen LogP contribution < -0.4 is 0 Å². The van der Waals surface area contributed by atoms with Crippen LogP contribution in [0.2, 0.25) is 0 Å². The highest BCUT2D eigenvalue weighted by molar-refractivity contribution is 6.32. The number of methoxy groups -OCH3 is 1. The molecule has 56 valence electrons. The van der Waals surface area contributed by atoms with Crippen LogP contribution in [0, 0.1) is 0 Å². The number of ether oxygens (including phenoxy) is 1. The van der Waals surface area contributed by atoms with Crippen molar-refractivity contribution in [2.75, 3.05) is 7.11 Å². The van der Waals surface area contributed by atoms with E-state index in [4.69, 9.17) is 27.9 Å². The van der Waals surface area contributed by atoms with Gasteiger partial charge in [0, 0.05) is 18.6 Å². The van der Waals surface area contributed by atoms with Gasteiger partial charge in [-0.15, -0.1) is 0 Å². The minimum atomic E-state index is -0.810. The van der Waals surface area contributed by atoms with Crippen molar-refractivity contribution in [1.29, 1.82) is 0 Å². The van der Waals surface area contributed by atoms with Gasteiger partial charge in [-0.3, -0.25) is 0 Å². The lowest BCUT2D eigenvalue weighted by atomic mass is 10.1. The summed E-state index contributed by atoms with van der Waals surface area (Å²) in [6.45, 7) is 0. The third-order valence-electron chi connectivity index (χ3n) is 1.32. The summed E-state index contributed by atoms with van der Waals surface area (Å²) in [5.41, 5.74) is 0. The molecule has 10 heavy (non-hydrogen) atoms. The first-order chi connectivity index (χ1) is 4.66. The average Bonchev–Trinajstić information content (AvgIpc) is 1.88. The zero-order valence-corrected chi connectivity index (χ0v) is 7.12. The SMILES string of the molecule is COC1(Cl)C=CCC(Cl)=C1. The molecule has 1 rings (SSSR count). The Hall–Kier alpha value is 0.0200. The third-order valence-corrected chi connectivity index (χ3v) is 1.98. The highest BCUT2D eigenvalue weighted by atomic mass is 35.5. The van der Waals surface area contributed by atoms with Crippen LogP contribution in [0.1, 0.15) is 6.42 Å². The summed E-state index contributed by atoms with van der Waals surface area (Å²) in [6, 6.07) is 0. The summed E-state index contributed by atoms with van der Waals surface area (Å²) in [5, 5.41) is -0.0886. The lowest BCUT2D eigenvalue weighted by Gasteiger charge is -2.20. The summed E-state index contributed by atoms with van der Waals surface area (Å²) < 4.78 is 4.97. The van der Waals surface area contributed by atoms with Gasteiger partial charge in [0.15, 0.2) is 5.06 Å². The second-order valence-electron chi connectivity index (χ2n) is 2.10. The molecule has 1 unspecified atom stereocenters. The molecule has 3 heteroatoms. The average molecular weight is 179 g/mol. The van der Waals surface area contributed by atoms with Gasteiger partial charge in [-0.2, -0.15) is 0 Å². The van der Waals surface area contributed by atoms with Crippen LogP contribution in [-0.2, 0) is 4.74 Å². The molecule has 0 aromatic carbocycles. The van der Waals surface area contributed by atoms with Crippen molar-refractivity contribution in [3.63, 3.8) is 0 Å². The second-order valence-corrected chi connectivity index (χ2v) is 3.18. The normalized spacial score (nSPS) is 32.1. The molecule has 0 aliphatic heterocycles. The second kappa shape index (κ2) is 2.95. The van der Waals surface area contributed by atoms with Crippen molar-refractivity contribution in [2.24, 2.45) is 0 Å². The van der Waals surface area contributed by atoms with Gasteiger partial charge in [-0.1, -0.05) is 29.3 Å². The van der Waals surface area contributed by atoms with Crippen LogP contribution in [0.15, 0.2) is 23.3 Å². The van der Waals surface area contributed by atoms with Gasteiger partial charge in [-0.05, 0) is 12.2 Å². The molecular weight excluding hydrogens is 171 g/mol. The first kappa shape index (κ1) is 8.12. The maximum Gasteiger partial charge on any atom is 0.180 e. The number of hydrogen-bond acceptors (Lipinski definition) is 1. The Morgan fingerprint density at radius 1 is 1.70 bits per heavy atom. The standard InChI is InChI=1S/C7H8Cl2O/c1-10-7(9)4-2-3-6(8)5-7/h2,4-5H,3H2,1H3. The maximum absolute atomic E-state index is 5.88. The zero-order valence-electron chi connectivity index (χ0n) is 5.60. The summed E-state index contributed by atoms with van der Waals surface area (Å²) in [4.78, 5) is 0. The molecule has 0 fully saturated rings. The fourth-order valence-electron chi connectivity index (χ4n) is 0.780. The summed E-state index contributed by atoms with van der Waals surface area (Å²) >= 11 is 11.6. The van der Waals surface area contributed by atoms with Gasteiger partial charge in [0.2, 0.25) is 0 Å². The molecule has 0 N–H and O–H groups in total. The summed E-state index contributed by atoms with van der Waals surface area (Å²) in [6.07, 6.45) is 6.11. The number of halogens is 2. The molecule has 1 aliphatic carbocycles. The van der Waals surface area contributed by atoms with Crippen molar-refractivity contribution in [2.45, 2.75) is 11.5 Å². The minimum absolute atomic E-state index is 0.722. The van der Waals surface area contributed by atoms with Gasteiger partial charge in [0.05, 0.1) is 0 Å². The Bertz CT molecular complexity index is 186. The fraction of sp³-hybridized carbons (Fsp3) is 0.429. The maximum atomic E-state index is 5.88. The van der Waals surface area contributed by atoms with Crippen LogP contribution in [0.5, 0.6) is 0 Å². The molecule has 0 amide bonds. The Kier molecular flexibility index (Phi) is 2.40. The molecule has 1 atom stereocenters. The molecule has 0 radical (unpaired) electrons. The van der Waals surface area contributed by atoms with Crippen LogP contribution in [0.4, 0.5) is 0 Å². The highest BCUT2D eigenvalue weighted by Gasteiger charge is 2.22. The zero-order chi connectivity index (χ0) is 7.61. The van der Waals surface area contributed by atoms with Crippen LogP contribution in [-0.4, -0.2) is 12.2 Å². The van der Waals surface area contributed by atoms with Crippen LogP contribution >= 0.6 is 23.2 Å². The lowest BCUT2D eigenvalue weighted by molar-refractivity contribution is 0.142. The molecule has 0 aromatic heterocycles. The van der Waals surface area contributed by atoms with Crippen molar-refractivity contribution < 1.29 is 4.74 Å². The van der Waals surface area contributed by atoms with Gasteiger partial charge in [0.1, 0.15) is 0 Å². The Balaban J connectivity index is 2.78. The highest BCUT2D eigenvalue weighted by Crippen LogP contribution is 2.28. The van der Waals surface area contributed by atoms with Crippen LogP contribution in [0.25, 0.3) is 0 Å². The molecule has 0 saturated carbocycles. The van der Waals surface area contributed by atoms with Gasteiger partial charge in [-0.25, -0.2) is 0 Å². The van der Waals surface area contributed by atoms with E-state index >= 15 is 0 Å². The number of hydrogen-bond donors (Lipinski definition) is 0. The minimum Gasteiger partial charge on any atom is -0.356 e. The predicted octanol–water partition coefficient (Wildman–Crippen LogP) is 2.65. The summed E-state index contributed by atoms with van der Waals surface area (Å²) in [5.74, 6) is 0. The van der Waals surface area contributed by atoms with E-state index in [1.807, 2.05) is 6.08 Å². The van der Waals surface area contributed by atoms with Crippen molar-refractivity contribution >= 4 is 23.2 Å². The van der Waals surface area contributed by atoms with E-state index in [1.54, 1.807) is 19.3 Å². The summed E-state index contributed by atoms with van der Waals surface area (Å²) in [7, 11) is 1.54. The van der Waals surface area contributed by atoms with Crippen molar-refractivity contribution in [3.05, 3.63) is 23.3 Å². The quantitative estimate of drug-likeness (QED) is 0.444. The number of rotatable bonds is 1. The largest absolute Gasteiger partial charge is 0.356 e. The van der Waals surface area contributed by atoms with E-state index in [1.165, 1.54) is 0 Å². The predicted molar refractivity (Wildman–Crippen MR) is 43.3 cm³/mol. The van der Waals surface area contributed by atoms with E-state index in [0.29, 0.717) is 0 Å². The molecule has 0 heterocycles. The number of alkyl halides is 1. The molecule has 1 nitrogen and oxygen atoms in total.